The van der Waals surface area contributed by atoms with Gasteiger partial charge in [0.15, 0.2) is 0 Å². The largest absolute Gasteiger partial charge is 0.321 e. The molecular weight excluding hydrogens is 284 g/mol. The Bertz CT molecular complexity index is 558. The second-order valence-electron chi connectivity index (χ2n) is 4.48. The summed E-state index contributed by atoms with van der Waals surface area (Å²) in [5.74, 6) is 0.320. The van der Waals surface area contributed by atoms with E-state index >= 15 is 0 Å². The van der Waals surface area contributed by atoms with Gasteiger partial charge in [-0.25, -0.2) is 0 Å². The average molecular weight is 300 g/mol. The molecule has 104 valence electrons. The molecule has 1 aromatic rings. The number of hydrogen-bond acceptors (Lipinski definition) is 5. The molecule has 0 saturated carbocycles. The molecule has 2 atom stereocenters. The molecule has 0 aliphatic carbocycles. The third kappa shape index (κ3) is 4.61. The number of thioether (sulfide) groups is 1. The Kier molecular flexibility index (Phi) is 4.62. The molecule has 7 heteroatoms. The number of nitrogens with two attached hydrogens (primary N) is 1. The van der Waals surface area contributed by atoms with E-state index in [0.29, 0.717) is 5.04 Å². The SMILES string of the molecule is NC(CS(=O)(=O)O)C1=N[C@@H](Cc2ccccc2)CS1. The van der Waals surface area contributed by atoms with E-state index in [9.17, 15) is 8.42 Å². The van der Waals surface area contributed by atoms with Crippen molar-refractivity contribution in [2.75, 3.05) is 11.5 Å². The molecule has 1 unspecified atom stereocenters. The highest BCUT2D eigenvalue weighted by molar-refractivity contribution is 8.14. The molecule has 2 rings (SSSR count). The molecule has 0 bridgehead atoms. The molecule has 1 heterocycles. The van der Waals surface area contributed by atoms with Crippen LogP contribution in [-0.2, 0) is 16.5 Å². The molecule has 0 fully saturated rings. The fraction of sp³-hybridized carbons (Fsp3) is 0.417. The summed E-state index contributed by atoms with van der Waals surface area (Å²) in [6.45, 7) is 0. The summed E-state index contributed by atoms with van der Waals surface area (Å²) >= 11 is 1.47. The van der Waals surface area contributed by atoms with E-state index in [1.54, 1.807) is 0 Å². The van der Waals surface area contributed by atoms with Crippen LogP contribution in [0.25, 0.3) is 0 Å². The van der Waals surface area contributed by atoms with Crippen LogP contribution < -0.4 is 5.73 Å². The lowest BCUT2D eigenvalue weighted by molar-refractivity contribution is 0.481. The van der Waals surface area contributed by atoms with Crippen molar-refractivity contribution in [3.05, 3.63) is 35.9 Å². The molecule has 3 N–H and O–H groups in total. The Hall–Kier alpha value is -0.890. The first-order valence-corrected chi connectivity index (χ1v) is 8.48. The predicted octanol–water partition coefficient (Wildman–Crippen LogP) is 0.958. The fourth-order valence-corrected chi connectivity index (χ4v) is 3.72. The van der Waals surface area contributed by atoms with Crippen LogP contribution >= 0.6 is 11.8 Å². The first-order valence-electron chi connectivity index (χ1n) is 5.89. The zero-order valence-corrected chi connectivity index (χ0v) is 11.9. The molecule has 1 aliphatic rings. The minimum Gasteiger partial charge on any atom is -0.321 e. The molecule has 0 radical (unpaired) electrons. The minimum atomic E-state index is -4.06. The molecule has 0 saturated heterocycles. The third-order valence-corrected chi connectivity index (χ3v) is 4.79. The van der Waals surface area contributed by atoms with E-state index in [2.05, 4.69) is 4.99 Å². The lowest BCUT2D eigenvalue weighted by atomic mass is 10.1. The maximum Gasteiger partial charge on any atom is 0.266 e. The quantitative estimate of drug-likeness (QED) is 0.790. The second-order valence-corrected chi connectivity index (χ2v) is 7.01. The van der Waals surface area contributed by atoms with Crippen LogP contribution in [-0.4, -0.2) is 41.6 Å². The van der Waals surface area contributed by atoms with E-state index in [1.165, 1.54) is 17.3 Å². The number of benzene rings is 1. The lowest BCUT2D eigenvalue weighted by Crippen LogP contribution is -2.35. The van der Waals surface area contributed by atoms with Gasteiger partial charge in [-0.2, -0.15) is 8.42 Å². The summed E-state index contributed by atoms with van der Waals surface area (Å²) in [5.41, 5.74) is 6.93. The number of hydrogen-bond donors (Lipinski definition) is 2. The first-order chi connectivity index (χ1) is 8.94. The van der Waals surface area contributed by atoms with Crippen LogP contribution in [0.5, 0.6) is 0 Å². The Morgan fingerprint density at radius 3 is 2.74 bits per heavy atom. The van der Waals surface area contributed by atoms with E-state index in [4.69, 9.17) is 10.3 Å². The Labute approximate surface area is 117 Å². The van der Waals surface area contributed by atoms with Crippen LogP contribution in [0.15, 0.2) is 35.3 Å². The molecular formula is C12H16N2O3S2. The number of aliphatic imine (C=N–C) groups is 1. The molecule has 1 aromatic carbocycles. The highest BCUT2D eigenvalue weighted by Gasteiger charge is 2.25. The van der Waals surface area contributed by atoms with Gasteiger partial charge < -0.3 is 5.73 Å². The van der Waals surface area contributed by atoms with Crippen LogP contribution in [0, 0.1) is 0 Å². The van der Waals surface area contributed by atoms with Gasteiger partial charge in [0, 0.05) is 5.75 Å². The molecule has 0 aromatic heterocycles. The maximum absolute atomic E-state index is 10.8. The summed E-state index contributed by atoms with van der Waals surface area (Å²) in [4.78, 5) is 4.45. The van der Waals surface area contributed by atoms with Crippen molar-refractivity contribution in [2.45, 2.75) is 18.5 Å². The summed E-state index contributed by atoms with van der Waals surface area (Å²) in [6.07, 6.45) is 0.815. The van der Waals surface area contributed by atoms with Crippen molar-refractivity contribution in [1.29, 1.82) is 0 Å². The Balaban J connectivity index is 1.97. The molecule has 5 nitrogen and oxygen atoms in total. The lowest BCUT2D eigenvalue weighted by Gasteiger charge is -2.08. The number of nitrogens with zero attached hydrogens (tertiary/aromatic N) is 1. The highest BCUT2D eigenvalue weighted by Crippen LogP contribution is 2.23. The smallest absolute Gasteiger partial charge is 0.266 e. The second kappa shape index (κ2) is 6.04. The standard InChI is InChI=1S/C12H16N2O3S2/c13-11(8-19(15,16)17)12-14-10(7-18-12)6-9-4-2-1-3-5-9/h1-5,10-11H,6-8,13H2,(H,15,16,17)/t10-,11?/m0/s1. The van der Waals surface area contributed by atoms with Crippen LogP contribution in [0.2, 0.25) is 0 Å². The van der Waals surface area contributed by atoms with Crippen LogP contribution in [0.1, 0.15) is 5.56 Å². The number of rotatable bonds is 5. The van der Waals surface area contributed by atoms with E-state index in [1.807, 2.05) is 30.3 Å². The Morgan fingerprint density at radius 2 is 2.11 bits per heavy atom. The monoisotopic (exact) mass is 300 g/mol. The van der Waals surface area contributed by atoms with Gasteiger partial charge in [-0.15, -0.1) is 11.8 Å². The molecule has 1 aliphatic heterocycles. The van der Waals surface area contributed by atoms with Gasteiger partial charge in [-0.3, -0.25) is 9.55 Å². The van der Waals surface area contributed by atoms with Crippen molar-refractivity contribution in [3.63, 3.8) is 0 Å². The van der Waals surface area contributed by atoms with Gasteiger partial charge in [0.25, 0.3) is 10.1 Å². The van der Waals surface area contributed by atoms with E-state index in [0.717, 1.165) is 12.2 Å². The third-order valence-electron chi connectivity index (χ3n) is 2.75. The van der Waals surface area contributed by atoms with Gasteiger partial charge in [0.1, 0.15) is 0 Å². The fourth-order valence-electron chi connectivity index (χ4n) is 1.93. The molecule has 0 spiro atoms. The van der Waals surface area contributed by atoms with Crippen LogP contribution in [0.3, 0.4) is 0 Å². The summed E-state index contributed by atoms with van der Waals surface area (Å²) < 4.78 is 30.3. The normalized spacial score (nSPS) is 21.2. The van der Waals surface area contributed by atoms with Crippen molar-refractivity contribution in [3.8, 4) is 0 Å². The average Bonchev–Trinajstić information content (AvgIpc) is 2.77. The summed E-state index contributed by atoms with van der Waals surface area (Å²) in [5, 5.41) is 0.610. The van der Waals surface area contributed by atoms with Crippen molar-refractivity contribution < 1.29 is 13.0 Å². The summed E-state index contributed by atoms with van der Waals surface area (Å²) in [6, 6.07) is 9.38. The molecule has 19 heavy (non-hydrogen) atoms. The van der Waals surface area contributed by atoms with Crippen molar-refractivity contribution >= 4 is 26.9 Å². The van der Waals surface area contributed by atoms with Gasteiger partial charge in [0.05, 0.1) is 22.9 Å². The van der Waals surface area contributed by atoms with Gasteiger partial charge >= 0.3 is 0 Å². The first kappa shape index (κ1) is 14.5. The van der Waals surface area contributed by atoms with Gasteiger partial charge in [-0.05, 0) is 12.0 Å². The maximum atomic E-state index is 10.8. The highest BCUT2D eigenvalue weighted by atomic mass is 32.2. The van der Waals surface area contributed by atoms with Crippen molar-refractivity contribution in [2.24, 2.45) is 10.7 Å². The minimum absolute atomic E-state index is 0.120. The van der Waals surface area contributed by atoms with Gasteiger partial charge in [-0.1, -0.05) is 30.3 Å². The molecule has 0 amide bonds. The predicted molar refractivity (Wildman–Crippen MR) is 78.2 cm³/mol. The van der Waals surface area contributed by atoms with E-state index < -0.39 is 21.9 Å². The Morgan fingerprint density at radius 1 is 1.42 bits per heavy atom. The van der Waals surface area contributed by atoms with Crippen molar-refractivity contribution in [1.82, 2.24) is 0 Å². The van der Waals surface area contributed by atoms with E-state index in [-0.39, 0.29) is 6.04 Å². The summed E-state index contributed by atoms with van der Waals surface area (Å²) in [7, 11) is -4.06. The topological polar surface area (TPSA) is 92.8 Å². The zero-order valence-electron chi connectivity index (χ0n) is 10.3. The van der Waals surface area contributed by atoms with Gasteiger partial charge in [0.2, 0.25) is 0 Å². The zero-order chi connectivity index (χ0) is 13.9. The van der Waals surface area contributed by atoms with Crippen LogP contribution in [0.4, 0.5) is 0 Å².